The van der Waals surface area contributed by atoms with Gasteiger partial charge in [-0.15, -0.1) is 5.10 Å². The van der Waals surface area contributed by atoms with Crippen LogP contribution in [0, 0.1) is 0 Å². The third-order valence-electron chi connectivity index (χ3n) is 2.95. The molecule has 0 aliphatic carbocycles. The summed E-state index contributed by atoms with van der Waals surface area (Å²) in [6.45, 7) is 12.0. The highest BCUT2D eigenvalue weighted by Crippen LogP contribution is 2.23. The fourth-order valence-electron chi connectivity index (χ4n) is 1.32. The maximum atomic E-state index is 12.1. The number of rotatable bonds is 6. The molecule has 0 aliphatic heterocycles. The first-order chi connectivity index (χ1) is 8.76. The second-order valence-electron chi connectivity index (χ2n) is 5.49. The Bertz CT molecular complexity index is 430. The van der Waals surface area contributed by atoms with Gasteiger partial charge in [-0.3, -0.25) is 4.79 Å². The van der Waals surface area contributed by atoms with Gasteiger partial charge in [0.25, 0.3) is 0 Å². The molecule has 7 heteroatoms. The van der Waals surface area contributed by atoms with E-state index in [1.165, 1.54) is 11.8 Å². The number of aromatic nitrogens is 4. The first-order valence-corrected chi connectivity index (χ1v) is 7.41. The molecule has 108 valence electrons. The average molecular weight is 285 g/mol. The van der Waals surface area contributed by atoms with Gasteiger partial charge < -0.3 is 5.32 Å². The lowest BCUT2D eigenvalue weighted by atomic mass is 10.0. The van der Waals surface area contributed by atoms with Crippen LogP contribution >= 0.6 is 11.8 Å². The number of tetrazole rings is 1. The second kappa shape index (κ2) is 6.36. The molecule has 1 amide bonds. The summed E-state index contributed by atoms with van der Waals surface area (Å²) >= 11 is 1.38. The van der Waals surface area contributed by atoms with Gasteiger partial charge in [0, 0.05) is 5.54 Å². The van der Waals surface area contributed by atoms with E-state index in [0.29, 0.717) is 5.16 Å². The molecule has 0 bridgehead atoms. The maximum absolute atomic E-state index is 12.1. The van der Waals surface area contributed by atoms with Crippen LogP contribution in [0.15, 0.2) is 5.16 Å². The van der Waals surface area contributed by atoms with Gasteiger partial charge in [-0.05, 0) is 51.5 Å². The zero-order chi connectivity index (χ0) is 14.6. The van der Waals surface area contributed by atoms with Gasteiger partial charge in [0.1, 0.15) is 0 Å². The van der Waals surface area contributed by atoms with Crippen LogP contribution < -0.4 is 5.32 Å². The molecule has 0 aliphatic rings. The molecule has 1 aromatic heterocycles. The molecule has 0 aromatic carbocycles. The SMILES string of the molecule is CCC(C)(C)NC(=O)C(C)Sc1nnnn1C(C)C. The monoisotopic (exact) mass is 285 g/mol. The number of amides is 1. The standard InChI is InChI=1S/C12H23N5OS/c1-7-12(5,6)13-10(18)9(4)19-11-14-15-16-17(11)8(2)3/h8-9H,7H2,1-6H3,(H,13,18). The molecular weight excluding hydrogens is 262 g/mol. The largest absolute Gasteiger partial charge is 0.350 e. The van der Waals surface area contributed by atoms with E-state index in [1.807, 2.05) is 34.6 Å². The average Bonchev–Trinajstić information content (AvgIpc) is 2.76. The normalized spacial score (nSPS) is 13.6. The number of hydrogen-bond donors (Lipinski definition) is 1. The van der Waals surface area contributed by atoms with Crippen molar-refractivity contribution < 1.29 is 4.79 Å². The van der Waals surface area contributed by atoms with Crippen molar-refractivity contribution in [3.8, 4) is 0 Å². The predicted molar refractivity (Wildman–Crippen MR) is 76.0 cm³/mol. The van der Waals surface area contributed by atoms with Crippen molar-refractivity contribution in [2.24, 2.45) is 0 Å². The Morgan fingerprint density at radius 2 is 2.05 bits per heavy atom. The Morgan fingerprint density at radius 1 is 1.42 bits per heavy atom. The van der Waals surface area contributed by atoms with Gasteiger partial charge in [-0.1, -0.05) is 18.7 Å². The molecule has 1 aromatic rings. The predicted octanol–water partition coefficient (Wildman–Crippen LogP) is 2.04. The van der Waals surface area contributed by atoms with Crippen LogP contribution in [0.5, 0.6) is 0 Å². The third kappa shape index (κ3) is 4.49. The summed E-state index contributed by atoms with van der Waals surface area (Å²) in [7, 11) is 0. The smallest absolute Gasteiger partial charge is 0.233 e. The molecule has 0 saturated carbocycles. The van der Waals surface area contributed by atoms with Gasteiger partial charge in [0.05, 0.1) is 11.3 Å². The third-order valence-corrected chi connectivity index (χ3v) is 4.00. The number of thioether (sulfide) groups is 1. The van der Waals surface area contributed by atoms with E-state index in [2.05, 4.69) is 27.8 Å². The molecule has 1 N–H and O–H groups in total. The van der Waals surface area contributed by atoms with Gasteiger partial charge in [-0.2, -0.15) is 0 Å². The van der Waals surface area contributed by atoms with E-state index in [9.17, 15) is 4.79 Å². The Hall–Kier alpha value is -1.11. The zero-order valence-electron chi connectivity index (χ0n) is 12.5. The number of nitrogens with zero attached hydrogens (tertiary/aromatic N) is 4. The van der Waals surface area contributed by atoms with Crippen LogP contribution in [0.25, 0.3) is 0 Å². The van der Waals surface area contributed by atoms with Gasteiger partial charge in [0.15, 0.2) is 0 Å². The Kier molecular flexibility index (Phi) is 5.34. The molecule has 0 spiro atoms. The van der Waals surface area contributed by atoms with Crippen molar-refractivity contribution in [1.29, 1.82) is 0 Å². The fourth-order valence-corrected chi connectivity index (χ4v) is 2.24. The van der Waals surface area contributed by atoms with E-state index >= 15 is 0 Å². The van der Waals surface area contributed by atoms with E-state index < -0.39 is 0 Å². The van der Waals surface area contributed by atoms with Crippen molar-refractivity contribution in [2.45, 2.75) is 70.0 Å². The van der Waals surface area contributed by atoms with E-state index in [1.54, 1.807) is 4.68 Å². The van der Waals surface area contributed by atoms with Gasteiger partial charge in [0.2, 0.25) is 11.1 Å². The second-order valence-corrected chi connectivity index (χ2v) is 6.79. The maximum Gasteiger partial charge on any atom is 0.233 e. The van der Waals surface area contributed by atoms with Gasteiger partial charge in [-0.25, -0.2) is 4.68 Å². The lowest BCUT2D eigenvalue weighted by molar-refractivity contribution is -0.121. The van der Waals surface area contributed by atoms with Crippen LogP contribution in [0.4, 0.5) is 0 Å². The summed E-state index contributed by atoms with van der Waals surface area (Å²) < 4.78 is 1.72. The molecular formula is C12H23N5OS. The molecule has 19 heavy (non-hydrogen) atoms. The highest BCUT2D eigenvalue weighted by Gasteiger charge is 2.24. The summed E-state index contributed by atoms with van der Waals surface area (Å²) in [4.78, 5) is 12.1. The van der Waals surface area contributed by atoms with Crippen LogP contribution in [0.2, 0.25) is 0 Å². The number of carbonyl (C=O) groups excluding carboxylic acids is 1. The topological polar surface area (TPSA) is 72.7 Å². The molecule has 0 saturated heterocycles. The van der Waals surface area contributed by atoms with E-state index in [-0.39, 0.29) is 22.7 Å². The first-order valence-electron chi connectivity index (χ1n) is 6.53. The van der Waals surface area contributed by atoms with E-state index in [0.717, 1.165) is 6.42 Å². The highest BCUT2D eigenvalue weighted by molar-refractivity contribution is 8.00. The van der Waals surface area contributed by atoms with Crippen molar-refractivity contribution in [3.63, 3.8) is 0 Å². The molecule has 1 atom stereocenters. The van der Waals surface area contributed by atoms with Crippen molar-refractivity contribution in [3.05, 3.63) is 0 Å². The quantitative estimate of drug-likeness (QED) is 0.810. The highest BCUT2D eigenvalue weighted by atomic mass is 32.2. The Morgan fingerprint density at radius 3 is 2.58 bits per heavy atom. The lowest BCUT2D eigenvalue weighted by Crippen LogP contribution is -2.46. The van der Waals surface area contributed by atoms with Gasteiger partial charge >= 0.3 is 0 Å². The number of nitrogens with one attached hydrogen (secondary N) is 1. The minimum Gasteiger partial charge on any atom is -0.350 e. The zero-order valence-corrected chi connectivity index (χ0v) is 13.3. The molecule has 1 heterocycles. The Labute approximate surface area is 118 Å². The number of carbonyl (C=O) groups is 1. The summed E-state index contributed by atoms with van der Waals surface area (Å²) in [5.41, 5.74) is -0.185. The molecule has 1 unspecified atom stereocenters. The van der Waals surface area contributed by atoms with Crippen LogP contribution in [0.1, 0.15) is 54.0 Å². The molecule has 0 fully saturated rings. The van der Waals surface area contributed by atoms with Crippen molar-refractivity contribution in [2.75, 3.05) is 0 Å². The Balaban J connectivity index is 2.66. The fraction of sp³-hybridized carbons (Fsp3) is 0.833. The number of hydrogen-bond acceptors (Lipinski definition) is 5. The minimum atomic E-state index is -0.227. The summed E-state index contributed by atoms with van der Waals surface area (Å²) in [5, 5.41) is 15.0. The molecule has 6 nitrogen and oxygen atoms in total. The molecule has 1 rings (SSSR count). The van der Waals surface area contributed by atoms with Crippen LogP contribution in [-0.4, -0.2) is 36.9 Å². The molecule has 0 radical (unpaired) electrons. The summed E-state index contributed by atoms with van der Waals surface area (Å²) in [6.07, 6.45) is 0.889. The van der Waals surface area contributed by atoms with Crippen LogP contribution in [0.3, 0.4) is 0 Å². The van der Waals surface area contributed by atoms with Crippen molar-refractivity contribution in [1.82, 2.24) is 25.5 Å². The summed E-state index contributed by atoms with van der Waals surface area (Å²) in [5.74, 6) is 0.00940. The first kappa shape index (κ1) is 15.9. The lowest BCUT2D eigenvalue weighted by Gasteiger charge is -2.26. The minimum absolute atomic E-state index is 0.00940. The van der Waals surface area contributed by atoms with E-state index in [4.69, 9.17) is 0 Å². The summed E-state index contributed by atoms with van der Waals surface area (Å²) in [6, 6.07) is 0.180. The van der Waals surface area contributed by atoms with Crippen LogP contribution in [-0.2, 0) is 4.79 Å². The van der Waals surface area contributed by atoms with Crippen molar-refractivity contribution >= 4 is 17.7 Å².